The van der Waals surface area contributed by atoms with Crippen LogP contribution in [0.2, 0.25) is 0 Å². The van der Waals surface area contributed by atoms with E-state index < -0.39 is 11.0 Å². The number of fused-ring (bicyclic) bond motifs is 2. The molecule has 0 saturated carbocycles. The third kappa shape index (κ3) is 3.69. The monoisotopic (exact) mass is 441 g/mol. The van der Waals surface area contributed by atoms with Gasteiger partial charge in [0.15, 0.2) is 0 Å². The topological polar surface area (TPSA) is 106 Å². The van der Waals surface area contributed by atoms with Crippen molar-refractivity contribution in [2.24, 2.45) is 7.05 Å². The van der Waals surface area contributed by atoms with E-state index in [1.165, 1.54) is 0 Å². The summed E-state index contributed by atoms with van der Waals surface area (Å²) in [5, 5.41) is 16.9. The van der Waals surface area contributed by atoms with Crippen LogP contribution >= 0.6 is 0 Å². The largest absolute Gasteiger partial charge is 0.353 e. The lowest BCUT2D eigenvalue weighted by Gasteiger charge is -2.58. The summed E-state index contributed by atoms with van der Waals surface area (Å²) >= 11 is 0. The predicted molar refractivity (Wildman–Crippen MR) is 118 cm³/mol. The molecule has 10 nitrogen and oxygen atoms in total. The van der Waals surface area contributed by atoms with Crippen LogP contribution in [0, 0.1) is 11.3 Å². The van der Waals surface area contributed by atoms with Crippen molar-refractivity contribution in [1.29, 1.82) is 5.26 Å². The predicted octanol–water partition coefficient (Wildman–Crippen LogP) is 0.868. The Hall–Kier alpha value is -2.55. The number of rotatable bonds is 6. The highest BCUT2D eigenvalue weighted by Crippen LogP contribution is 2.43. The molecule has 2 aromatic heterocycles. The number of anilines is 3. The summed E-state index contributed by atoms with van der Waals surface area (Å²) < 4.78 is 15.6. The van der Waals surface area contributed by atoms with Gasteiger partial charge in [0, 0.05) is 64.0 Å². The van der Waals surface area contributed by atoms with Gasteiger partial charge in [-0.1, -0.05) is 0 Å². The summed E-state index contributed by atoms with van der Waals surface area (Å²) in [6.45, 7) is 3.18. The highest BCUT2D eigenvalue weighted by Gasteiger charge is 2.56. The van der Waals surface area contributed by atoms with Gasteiger partial charge >= 0.3 is 0 Å². The fourth-order valence-corrected chi connectivity index (χ4v) is 6.21. The SMILES string of the molecule is Cn1cc(Nc2nccc(N3C[C@H]4CC[C@@H](C3)N4C3(CC#N)CN(S(C)=O)C3)n2)cn1. The van der Waals surface area contributed by atoms with E-state index in [-0.39, 0.29) is 5.54 Å². The first kappa shape index (κ1) is 20.4. The van der Waals surface area contributed by atoms with Gasteiger partial charge in [0.2, 0.25) is 5.95 Å². The molecule has 164 valence electrons. The number of nitrogens with one attached hydrogen (secondary N) is 1. The second kappa shape index (κ2) is 7.85. The normalized spacial score (nSPS) is 26.3. The fourth-order valence-electron chi connectivity index (χ4n) is 5.37. The first-order chi connectivity index (χ1) is 15.0. The van der Waals surface area contributed by atoms with Crippen LogP contribution in [0.3, 0.4) is 0 Å². The number of nitriles is 1. The van der Waals surface area contributed by atoms with Crippen LogP contribution in [0.4, 0.5) is 17.5 Å². The number of hydrogen-bond acceptors (Lipinski definition) is 8. The van der Waals surface area contributed by atoms with E-state index in [2.05, 4.69) is 31.3 Å². The van der Waals surface area contributed by atoms with Gasteiger partial charge < -0.3 is 10.2 Å². The van der Waals surface area contributed by atoms with Gasteiger partial charge in [-0.25, -0.2) is 13.5 Å². The molecule has 0 aromatic carbocycles. The van der Waals surface area contributed by atoms with Crippen molar-refractivity contribution in [1.82, 2.24) is 29.0 Å². The zero-order valence-corrected chi connectivity index (χ0v) is 18.6. The van der Waals surface area contributed by atoms with Crippen molar-refractivity contribution in [3.05, 3.63) is 24.7 Å². The maximum atomic E-state index is 11.9. The van der Waals surface area contributed by atoms with Gasteiger partial charge in [0.05, 0.1) is 40.9 Å². The van der Waals surface area contributed by atoms with Crippen LogP contribution < -0.4 is 10.2 Å². The smallest absolute Gasteiger partial charge is 0.229 e. The molecule has 2 aromatic rings. The minimum Gasteiger partial charge on any atom is -0.353 e. The highest BCUT2D eigenvalue weighted by molar-refractivity contribution is 7.81. The van der Waals surface area contributed by atoms with Crippen molar-refractivity contribution >= 4 is 28.4 Å². The van der Waals surface area contributed by atoms with E-state index in [1.54, 1.807) is 23.3 Å². The van der Waals surface area contributed by atoms with Gasteiger partial charge in [0.25, 0.3) is 0 Å². The number of hydrogen-bond donors (Lipinski definition) is 1. The molecule has 3 aliphatic rings. The summed E-state index contributed by atoms with van der Waals surface area (Å²) in [6.07, 6.45) is 9.86. The summed E-state index contributed by atoms with van der Waals surface area (Å²) in [5.74, 6) is 1.47. The van der Waals surface area contributed by atoms with Gasteiger partial charge in [0.1, 0.15) is 5.82 Å². The van der Waals surface area contributed by atoms with Crippen molar-refractivity contribution in [3.63, 3.8) is 0 Å². The Morgan fingerprint density at radius 1 is 1.32 bits per heavy atom. The Bertz CT molecular complexity index is 1010. The average Bonchev–Trinajstić information content (AvgIpc) is 3.23. The van der Waals surface area contributed by atoms with Crippen molar-refractivity contribution in [2.75, 3.05) is 42.7 Å². The zero-order chi connectivity index (χ0) is 21.6. The van der Waals surface area contributed by atoms with Crippen molar-refractivity contribution < 1.29 is 4.21 Å². The lowest BCUT2D eigenvalue weighted by atomic mass is 9.84. The van der Waals surface area contributed by atoms with Crippen LogP contribution in [-0.4, -0.2) is 83.2 Å². The maximum absolute atomic E-state index is 11.9. The molecular weight excluding hydrogens is 414 g/mol. The van der Waals surface area contributed by atoms with E-state index in [4.69, 9.17) is 4.98 Å². The van der Waals surface area contributed by atoms with Crippen LogP contribution in [0.15, 0.2) is 24.7 Å². The van der Waals surface area contributed by atoms with Gasteiger partial charge in [-0.3, -0.25) is 9.58 Å². The molecule has 3 fully saturated rings. The molecule has 31 heavy (non-hydrogen) atoms. The molecule has 0 spiro atoms. The lowest BCUT2D eigenvalue weighted by molar-refractivity contribution is -0.0461. The molecule has 2 bridgehead atoms. The second-order valence-electron chi connectivity index (χ2n) is 8.74. The summed E-state index contributed by atoms with van der Waals surface area (Å²) in [6, 6.07) is 5.11. The Kier molecular flexibility index (Phi) is 5.16. The summed E-state index contributed by atoms with van der Waals surface area (Å²) in [7, 11) is 0.893. The number of nitrogens with zero attached hydrogens (tertiary/aromatic N) is 8. The summed E-state index contributed by atoms with van der Waals surface area (Å²) in [5.41, 5.74) is 0.683. The van der Waals surface area contributed by atoms with E-state index >= 15 is 0 Å². The van der Waals surface area contributed by atoms with E-state index in [9.17, 15) is 9.47 Å². The molecule has 11 heteroatoms. The fraction of sp³-hybridized carbons (Fsp3) is 0.600. The number of piperazine rings is 1. The zero-order valence-electron chi connectivity index (χ0n) is 17.8. The molecule has 5 rings (SSSR count). The summed E-state index contributed by atoms with van der Waals surface area (Å²) in [4.78, 5) is 14.0. The molecular formula is C20H27N9OS. The van der Waals surface area contributed by atoms with Crippen LogP contribution in [-0.2, 0) is 18.0 Å². The van der Waals surface area contributed by atoms with Gasteiger partial charge in [-0.05, 0) is 18.9 Å². The molecule has 0 radical (unpaired) electrons. The number of aromatic nitrogens is 4. The minimum atomic E-state index is -0.978. The first-order valence-electron chi connectivity index (χ1n) is 10.5. The minimum absolute atomic E-state index is 0.170. The third-order valence-corrected chi connectivity index (χ3v) is 7.65. The highest BCUT2D eigenvalue weighted by atomic mass is 32.2. The molecule has 3 atom stereocenters. The quantitative estimate of drug-likeness (QED) is 0.704. The van der Waals surface area contributed by atoms with Gasteiger partial charge in [-0.15, -0.1) is 0 Å². The van der Waals surface area contributed by atoms with Gasteiger partial charge in [-0.2, -0.15) is 15.3 Å². The average molecular weight is 442 g/mol. The first-order valence-corrected chi connectivity index (χ1v) is 12.1. The van der Waals surface area contributed by atoms with Crippen LogP contribution in [0.5, 0.6) is 0 Å². The van der Waals surface area contributed by atoms with Crippen molar-refractivity contribution in [3.8, 4) is 6.07 Å². The lowest BCUT2D eigenvalue weighted by Crippen LogP contribution is -2.75. The molecule has 3 aliphatic heterocycles. The van der Waals surface area contributed by atoms with Crippen LogP contribution in [0.25, 0.3) is 0 Å². The Morgan fingerprint density at radius 3 is 2.68 bits per heavy atom. The molecule has 3 saturated heterocycles. The molecule has 1 unspecified atom stereocenters. The molecule has 0 aliphatic carbocycles. The number of aryl methyl sites for hydroxylation is 1. The van der Waals surface area contributed by atoms with Crippen molar-refractivity contribution in [2.45, 2.75) is 36.9 Å². The standard InChI is InChI=1S/C20H27N9OS/c1-26-10-15(9-23-26)24-19-22-8-5-18(25-19)27-11-16-3-4-17(12-27)29(16)20(6-7-21)13-28(14-20)31(2)30/h5,8-10,16-17H,3-4,6,11-14H2,1-2H3,(H,22,24,25)/t16-,17+,31?. The Balaban J connectivity index is 1.32. The third-order valence-electron chi connectivity index (χ3n) is 6.67. The Morgan fingerprint density at radius 2 is 2.06 bits per heavy atom. The van der Waals surface area contributed by atoms with E-state index in [0.717, 1.165) is 37.4 Å². The maximum Gasteiger partial charge on any atom is 0.229 e. The van der Waals surface area contributed by atoms with E-state index in [0.29, 0.717) is 37.5 Å². The Labute approximate surface area is 184 Å². The molecule has 5 heterocycles. The molecule has 1 N–H and O–H groups in total. The van der Waals surface area contributed by atoms with Crippen LogP contribution in [0.1, 0.15) is 19.3 Å². The molecule has 0 amide bonds. The second-order valence-corrected chi connectivity index (χ2v) is 10.1. The van der Waals surface area contributed by atoms with E-state index in [1.807, 2.05) is 23.6 Å².